The zero-order valence-corrected chi connectivity index (χ0v) is 13.2. The molecule has 0 spiro atoms. The van der Waals surface area contributed by atoms with E-state index in [9.17, 15) is 4.39 Å². The van der Waals surface area contributed by atoms with Crippen molar-refractivity contribution in [3.8, 4) is 10.6 Å². The Kier molecular flexibility index (Phi) is 4.61. The number of hydrogen-bond acceptors (Lipinski definition) is 3. The normalized spacial score (nSPS) is 10.8. The number of nitrogens with one attached hydrogen (secondary N) is 1. The lowest BCUT2D eigenvalue weighted by Gasteiger charge is -2.04. The van der Waals surface area contributed by atoms with Crippen LogP contribution in [0.25, 0.3) is 10.6 Å². The molecule has 1 heterocycles. The molecule has 1 N–H and O–H groups in total. The lowest BCUT2D eigenvalue weighted by Crippen LogP contribution is -2.12. The minimum absolute atomic E-state index is 0.222. The highest BCUT2D eigenvalue weighted by atomic mass is 32.1. The van der Waals surface area contributed by atoms with Gasteiger partial charge in [-0.15, -0.1) is 11.3 Å². The van der Waals surface area contributed by atoms with Crippen LogP contribution in [-0.4, -0.2) is 4.98 Å². The molecular formula is C18H17FN2S. The molecule has 1 aromatic heterocycles. The van der Waals surface area contributed by atoms with Crippen LogP contribution in [0.15, 0.2) is 53.9 Å². The Balaban J connectivity index is 1.59. The molecule has 2 aromatic carbocycles. The summed E-state index contributed by atoms with van der Waals surface area (Å²) in [4.78, 5) is 4.59. The second-order valence-electron chi connectivity index (χ2n) is 5.24. The summed E-state index contributed by atoms with van der Waals surface area (Å²) in [6.07, 6.45) is 0. The highest BCUT2D eigenvalue weighted by Gasteiger charge is 2.05. The second kappa shape index (κ2) is 6.81. The van der Waals surface area contributed by atoms with E-state index in [-0.39, 0.29) is 5.82 Å². The maximum atomic E-state index is 12.9. The molecule has 0 bridgehead atoms. The van der Waals surface area contributed by atoms with E-state index < -0.39 is 0 Å². The summed E-state index contributed by atoms with van der Waals surface area (Å²) in [7, 11) is 0. The van der Waals surface area contributed by atoms with Crippen molar-refractivity contribution >= 4 is 11.3 Å². The summed E-state index contributed by atoms with van der Waals surface area (Å²) in [6.45, 7) is 3.65. The molecule has 3 rings (SSSR count). The molecular weight excluding hydrogens is 295 g/mol. The number of aryl methyl sites for hydroxylation is 1. The van der Waals surface area contributed by atoms with Gasteiger partial charge in [0, 0.05) is 24.0 Å². The molecule has 0 fully saturated rings. The first kappa shape index (κ1) is 14.9. The lowest BCUT2D eigenvalue weighted by atomic mass is 10.1. The molecule has 3 aromatic rings. The molecule has 0 aliphatic heterocycles. The molecule has 2 nitrogen and oxygen atoms in total. The van der Waals surface area contributed by atoms with Crippen LogP contribution in [-0.2, 0) is 13.1 Å². The summed E-state index contributed by atoms with van der Waals surface area (Å²) < 4.78 is 12.9. The van der Waals surface area contributed by atoms with E-state index in [0.29, 0.717) is 0 Å². The smallest absolute Gasteiger partial charge is 0.123 e. The van der Waals surface area contributed by atoms with Crippen molar-refractivity contribution in [3.05, 3.63) is 76.5 Å². The van der Waals surface area contributed by atoms with E-state index in [1.54, 1.807) is 23.5 Å². The molecule has 0 amide bonds. The average Bonchev–Trinajstić information content (AvgIpc) is 2.97. The first-order valence-electron chi connectivity index (χ1n) is 7.17. The van der Waals surface area contributed by atoms with Gasteiger partial charge in [-0.1, -0.05) is 29.8 Å². The highest BCUT2D eigenvalue weighted by Crippen LogP contribution is 2.23. The average molecular weight is 312 g/mol. The molecule has 22 heavy (non-hydrogen) atoms. The Morgan fingerprint density at radius 1 is 1.09 bits per heavy atom. The van der Waals surface area contributed by atoms with Gasteiger partial charge in [-0.05, 0) is 36.8 Å². The van der Waals surface area contributed by atoms with Crippen LogP contribution in [0, 0.1) is 12.7 Å². The molecule has 0 aliphatic rings. The number of nitrogens with zero attached hydrogens (tertiary/aromatic N) is 1. The summed E-state index contributed by atoms with van der Waals surface area (Å²) >= 11 is 1.58. The van der Waals surface area contributed by atoms with Crippen molar-refractivity contribution in [1.29, 1.82) is 0 Å². The number of halogens is 1. The van der Waals surface area contributed by atoms with E-state index in [0.717, 1.165) is 29.4 Å². The third kappa shape index (κ3) is 3.78. The van der Waals surface area contributed by atoms with Gasteiger partial charge in [0.15, 0.2) is 0 Å². The largest absolute Gasteiger partial charge is 0.307 e. The van der Waals surface area contributed by atoms with Crippen molar-refractivity contribution in [2.75, 3.05) is 0 Å². The Bertz CT molecular complexity index is 750. The standard InChI is InChI=1S/C18H17FN2S/c1-13-3-2-4-14(9-13)10-20-11-17-12-22-18(21-17)15-5-7-16(19)8-6-15/h2-9,12,20H,10-11H2,1H3. The van der Waals surface area contributed by atoms with Gasteiger partial charge in [-0.25, -0.2) is 9.37 Å². The maximum Gasteiger partial charge on any atom is 0.123 e. The van der Waals surface area contributed by atoms with Gasteiger partial charge in [0.2, 0.25) is 0 Å². The monoisotopic (exact) mass is 312 g/mol. The Labute approximate surface area is 133 Å². The third-order valence-electron chi connectivity index (χ3n) is 3.36. The summed E-state index contributed by atoms with van der Waals surface area (Å²) in [5.74, 6) is -0.222. The zero-order valence-electron chi connectivity index (χ0n) is 12.3. The van der Waals surface area contributed by atoms with Crippen LogP contribution in [0.4, 0.5) is 4.39 Å². The van der Waals surface area contributed by atoms with Crippen molar-refractivity contribution in [1.82, 2.24) is 10.3 Å². The van der Waals surface area contributed by atoms with Crippen LogP contribution < -0.4 is 5.32 Å². The van der Waals surface area contributed by atoms with Gasteiger partial charge in [0.1, 0.15) is 10.8 Å². The first-order valence-corrected chi connectivity index (χ1v) is 8.05. The van der Waals surface area contributed by atoms with Crippen LogP contribution in [0.1, 0.15) is 16.8 Å². The van der Waals surface area contributed by atoms with Crippen LogP contribution in [0.2, 0.25) is 0 Å². The van der Waals surface area contributed by atoms with Gasteiger partial charge < -0.3 is 5.32 Å². The molecule has 4 heteroatoms. The topological polar surface area (TPSA) is 24.9 Å². The minimum Gasteiger partial charge on any atom is -0.307 e. The number of benzene rings is 2. The Morgan fingerprint density at radius 2 is 1.91 bits per heavy atom. The molecule has 0 radical (unpaired) electrons. The quantitative estimate of drug-likeness (QED) is 0.748. The van der Waals surface area contributed by atoms with Crippen molar-refractivity contribution in [2.45, 2.75) is 20.0 Å². The molecule has 0 aliphatic carbocycles. The van der Waals surface area contributed by atoms with Gasteiger partial charge in [-0.3, -0.25) is 0 Å². The predicted octanol–water partition coefficient (Wildman–Crippen LogP) is 4.55. The summed E-state index contributed by atoms with van der Waals surface area (Å²) in [5, 5.41) is 6.37. The maximum absolute atomic E-state index is 12.9. The number of aromatic nitrogens is 1. The predicted molar refractivity (Wildman–Crippen MR) is 89.2 cm³/mol. The molecule has 0 saturated heterocycles. The van der Waals surface area contributed by atoms with Crippen LogP contribution in [0.5, 0.6) is 0 Å². The molecule has 0 saturated carbocycles. The fourth-order valence-electron chi connectivity index (χ4n) is 2.27. The van der Waals surface area contributed by atoms with Crippen molar-refractivity contribution < 1.29 is 4.39 Å². The minimum atomic E-state index is -0.222. The van der Waals surface area contributed by atoms with E-state index in [1.165, 1.54) is 23.3 Å². The number of hydrogen-bond donors (Lipinski definition) is 1. The number of thiazole rings is 1. The fraction of sp³-hybridized carbons (Fsp3) is 0.167. The zero-order chi connectivity index (χ0) is 15.4. The third-order valence-corrected chi connectivity index (χ3v) is 4.30. The van der Waals surface area contributed by atoms with Crippen LogP contribution in [0.3, 0.4) is 0 Å². The van der Waals surface area contributed by atoms with Crippen molar-refractivity contribution in [2.24, 2.45) is 0 Å². The summed E-state index contributed by atoms with van der Waals surface area (Å²) in [5.41, 5.74) is 4.51. The van der Waals surface area contributed by atoms with E-state index in [1.807, 2.05) is 5.38 Å². The van der Waals surface area contributed by atoms with Gasteiger partial charge in [0.25, 0.3) is 0 Å². The second-order valence-corrected chi connectivity index (χ2v) is 6.10. The van der Waals surface area contributed by atoms with E-state index in [2.05, 4.69) is 41.5 Å². The first-order chi connectivity index (χ1) is 10.7. The lowest BCUT2D eigenvalue weighted by molar-refractivity contribution is 0.628. The van der Waals surface area contributed by atoms with E-state index in [4.69, 9.17) is 0 Å². The summed E-state index contributed by atoms with van der Waals surface area (Å²) in [6, 6.07) is 14.9. The highest BCUT2D eigenvalue weighted by molar-refractivity contribution is 7.13. The van der Waals surface area contributed by atoms with Crippen LogP contribution >= 0.6 is 11.3 Å². The van der Waals surface area contributed by atoms with E-state index >= 15 is 0 Å². The molecule has 112 valence electrons. The Morgan fingerprint density at radius 3 is 2.68 bits per heavy atom. The fourth-order valence-corrected chi connectivity index (χ4v) is 3.10. The van der Waals surface area contributed by atoms with Gasteiger partial charge >= 0.3 is 0 Å². The SMILES string of the molecule is Cc1cccc(CNCc2csc(-c3ccc(F)cc3)n2)c1. The van der Waals surface area contributed by atoms with Crippen molar-refractivity contribution in [3.63, 3.8) is 0 Å². The molecule has 0 atom stereocenters. The number of rotatable bonds is 5. The van der Waals surface area contributed by atoms with Gasteiger partial charge in [0.05, 0.1) is 5.69 Å². The van der Waals surface area contributed by atoms with Gasteiger partial charge in [-0.2, -0.15) is 0 Å². The molecule has 0 unspecified atom stereocenters. The Hall–Kier alpha value is -2.04.